The lowest BCUT2D eigenvalue weighted by Gasteiger charge is -2.14. The van der Waals surface area contributed by atoms with E-state index in [2.05, 4.69) is 5.32 Å². The van der Waals surface area contributed by atoms with Crippen molar-refractivity contribution in [1.82, 2.24) is 5.32 Å². The second kappa shape index (κ2) is 3.18. The Kier molecular flexibility index (Phi) is 2.02. The largest absolute Gasteiger partial charge is 0.348 e. The highest BCUT2D eigenvalue weighted by atomic mass is 16.2. The first kappa shape index (κ1) is 8.26. The monoisotopic (exact) mass is 176 g/mol. The minimum atomic E-state index is -0.0881. The molecule has 0 aliphatic carbocycles. The van der Waals surface area contributed by atoms with Crippen molar-refractivity contribution < 1.29 is 4.79 Å². The van der Waals surface area contributed by atoms with E-state index in [1.54, 1.807) is 0 Å². The van der Waals surface area contributed by atoms with E-state index in [1.807, 2.05) is 30.3 Å². The number of rotatable bonds is 1. The zero-order valence-electron chi connectivity index (χ0n) is 7.23. The molecule has 3 N–H and O–H groups in total. The van der Waals surface area contributed by atoms with Gasteiger partial charge in [0.15, 0.2) is 0 Å². The average Bonchev–Trinajstić information content (AvgIpc) is 2.47. The Morgan fingerprint density at radius 2 is 2.00 bits per heavy atom. The molecule has 0 saturated carbocycles. The van der Waals surface area contributed by atoms with Crippen molar-refractivity contribution in [1.29, 1.82) is 0 Å². The van der Waals surface area contributed by atoms with Gasteiger partial charge in [-0.05, 0) is 5.56 Å². The van der Waals surface area contributed by atoms with Crippen molar-refractivity contribution in [2.45, 2.75) is 18.5 Å². The zero-order chi connectivity index (χ0) is 9.26. The topological polar surface area (TPSA) is 55.1 Å². The van der Waals surface area contributed by atoms with Crippen molar-refractivity contribution >= 4 is 5.91 Å². The molecule has 0 spiro atoms. The number of nitrogens with one attached hydrogen (secondary N) is 1. The molecule has 1 heterocycles. The summed E-state index contributed by atoms with van der Waals surface area (Å²) in [6.45, 7) is 0. The molecule has 1 fully saturated rings. The van der Waals surface area contributed by atoms with Crippen LogP contribution in [0.4, 0.5) is 0 Å². The SMILES string of the molecule is N[C@H]1CC(=O)N[C@@H]1c1ccccc1. The van der Waals surface area contributed by atoms with E-state index in [1.165, 1.54) is 0 Å². The summed E-state index contributed by atoms with van der Waals surface area (Å²) in [4.78, 5) is 11.0. The molecule has 3 nitrogen and oxygen atoms in total. The van der Waals surface area contributed by atoms with Gasteiger partial charge in [-0.25, -0.2) is 0 Å². The fraction of sp³-hybridized carbons (Fsp3) is 0.300. The Balaban J connectivity index is 2.23. The lowest BCUT2D eigenvalue weighted by molar-refractivity contribution is -0.119. The van der Waals surface area contributed by atoms with Crippen LogP contribution in [-0.2, 0) is 4.79 Å². The molecule has 1 aliphatic rings. The fourth-order valence-corrected chi connectivity index (χ4v) is 1.66. The predicted molar refractivity (Wildman–Crippen MR) is 49.9 cm³/mol. The van der Waals surface area contributed by atoms with E-state index >= 15 is 0 Å². The van der Waals surface area contributed by atoms with E-state index in [0.29, 0.717) is 6.42 Å². The maximum atomic E-state index is 11.0. The number of hydrogen-bond donors (Lipinski definition) is 2. The standard InChI is InChI=1S/C10H12N2O/c11-8-6-9(13)12-10(8)7-4-2-1-3-5-7/h1-5,8,10H,6,11H2,(H,12,13)/t8-,10+/m0/s1. The van der Waals surface area contributed by atoms with Crippen LogP contribution in [0.1, 0.15) is 18.0 Å². The van der Waals surface area contributed by atoms with Gasteiger partial charge < -0.3 is 11.1 Å². The molecule has 13 heavy (non-hydrogen) atoms. The molecular weight excluding hydrogens is 164 g/mol. The van der Waals surface area contributed by atoms with Gasteiger partial charge in [0.05, 0.1) is 6.04 Å². The van der Waals surface area contributed by atoms with Crippen LogP contribution in [0.25, 0.3) is 0 Å². The molecule has 2 rings (SSSR count). The van der Waals surface area contributed by atoms with Crippen molar-refractivity contribution in [3.05, 3.63) is 35.9 Å². The first-order valence-corrected chi connectivity index (χ1v) is 4.37. The van der Waals surface area contributed by atoms with Gasteiger partial charge in [0.1, 0.15) is 0 Å². The lowest BCUT2D eigenvalue weighted by Crippen LogP contribution is -2.28. The first-order valence-electron chi connectivity index (χ1n) is 4.37. The van der Waals surface area contributed by atoms with Crippen LogP contribution < -0.4 is 11.1 Å². The maximum absolute atomic E-state index is 11.0. The molecule has 0 aromatic heterocycles. The summed E-state index contributed by atoms with van der Waals surface area (Å²) in [5.41, 5.74) is 6.90. The molecule has 1 saturated heterocycles. The highest BCUT2D eigenvalue weighted by molar-refractivity contribution is 5.80. The molecular formula is C10H12N2O. The minimum absolute atomic E-state index is 0.00583. The zero-order valence-corrected chi connectivity index (χ0v) is 7.23. The number of carbonyl (C=O) groups is 1. The highest BCUT2D eigenvalue weighted by Crippen LogP contribution is 2.22. The number of benzene rings is 1. The Labute approximate surface area is 76.9 Å². The van der Waals surface area contributed by atoms with Crippen molar-refractivity contribution in [2.24, 2.45) is 5.73 Å². The Hall–Kier alpha value is -1.35. The van der Waals surface area contributed by atoms with Gasteiger partial charge in [0.25, 0.3) is 0 Å². The molecule has 68 valence electrons. The lowest BCUT2D eigenvalue weighted by atomic mass is 10.0. The predicted octanol–water partition coefficient (Wildman–Crippen LogP) is 0.575. The van der Waals surface area contributed by atoms with Crippen LogP contribution in [0.5, 0.6) is 0 Å². The quantitative estimate of drug-likeness (QED) is 0.657. The van der Waals surface area contributed by atoms with Gasteiger partial charge in [-0.2, -0.15) is 0 Å². The molecule has 3 heteroatoms. The van der Waals surface area contributed by atoms with E-state index in [4.69, 9.17) is 5.73 Å². The third-order valence-electron chi connectivity index (χ3n) is 2.32. The van der Waals surface area contributed by atoms with Gasteiger partial charge in [0, 0.05) is 12.5 Å². The normalized spacial score (nSPS) is 27.3. The smallest absolute Gasteiger partial charge is 0.222 e. The fourth-order valence-electron chi connectivity index (χ4n) is 1.66. The van der Waals surface area contributed by atoms with Crippen LogP contribution in [0.15, 0.2) is 30.3 Å². The molecule has 1 aliphatic heterocycles. The first-order chi connectivity index (χ1) is 6.27. The van der Waals surface area contributed by atoms with Gasteiger partial charge in [-0.3, -0.25) is 4.79 Å². The summed E-state index contributed by atoms with van der Waals surface area (Å²) < 4.78 is 0. The van der Waals surface area contributed by atoms with Gasteiger partial charge >= 0.3 is 0 Å². The average molecular weight is 176 g/mol. The summed E-state index contributed by atoms with van der Waals surface area (Å²) in [6, 6.07) is 9.72. The molecule has 0 radical (unpaired) electrons. The van der Waals surface area contributed by atoms with Crippen LogP contribution in [0.3, 0.4) is 0 Å². The van der Waals surface area contributed by atoms with Crippen molar-refractivity contribution in [2.75, 3.05) is 0 Å². The summed E-state index contributed by atoms with van der Waals surface area (Å²) >= 11 is 0. The molecule has 1 aromatic rings. The summed E-state index contributed by atoms with van der Waals surface area (Å²) in [7, 11) is 0. The van der Waals surface area contributed by atoms with Crippen molar-refractivity contribution in [3.63, 3.8) is 0 Å². The third kappa shape index (κ3) is 1.55. The Morgan fingerprint density at radius 3 is 2.54 bits per heavy atom. The number of amides is 1. The van der Waals surface area contributed by atoms with E-state index in [-0.39, 0.29) is 18.0 Å². The summed E-state index contributed by atoms with van der Waals surface area (Å²) in [6.07, 6.45) is 0.430. The maximum Gasteiger partial charge on any atom is 0.222 e. The molecule has 1 aromatic carbocycles. The number of hydrogen-bond acceptors (Lipinski definition) is 2. The van der Waals surface area contributed by atoms with Crippen LogP contribution in [-0.4, -0.2) is 11.9 Å². The van der Waals surface area contributed by atoms with Crippen LogP contribution in [0.2, 0.25) is 0 Å². The molecule has 0 unspecified atom stereocenters. The number of carbonyl (C=O) groups excluding carboxylic acids is 1. The van der Waals surface area contributed by atoms with Gasteiger partial charge in [-0.1, -0.05) is 30.3 Å². The van der Waals surface area contributed by atoms with Crippen LogP contribution in [0, 0.1) is 0 Å². The molecule has 0 bridgehead atoms. The van der Waals surface area contributed by atoms with Gasteiger partial charge in [-0.15, -0.1) is 0 Å². The van der Waals surface area contributed by atoms with E-state index in [0.717, 1.165) is 5.56 Å². The second-order valence-electron chi connectivity index (χ2n) is 3.32. The summed E-state index contributed by atoms with van der Waals surface area (Å²) in [5.74, 6) is 0.0429. The minimum Gasteiger partial charge on any atom is -0.348 e. The Bertz CT molecular complexity index is 310. The summed E-state index contributed by atoms with van der Waals surface area (Å²) in [5, 5.41) is 2.86. The van der Waals surface area contributed by atoms with Crippen LogP contribution >= 0.6 is 0 Å². The Morgan fingerprint density at radius 1 is 1.31 bits per heavy atom. The van der Waals surface area contributed by atoms with E-state index in [9.17, 15) is 4.79 Å². The molecule has 1 amide bonds. The second-order valence-corrected chi connectivity index (χ2v) is 3.32. The van der Waals surface area contributed by atoms with Gasteiger partial charge in [0.2, 0.25) is 5.91 Å². The highest BCUT2D eigenvalue weighted by Gasteiger charge is 2.29. The van der Waals surface area contributed by atoms with E-state index < -0.39 is 0 Å². The molecule has 2 atom stereocenters. The third-order valence-corrected chi connectivity index (χ3v) is 2.32. The number of nitrogens with two attached hydrogens (primary N) is 1. The van der Waals surface area contributed by atoms with Crippen molar-refractivity contribution in [3.8, 4) is 0 Å².